The molecule has 0 bridgehead atoms. The number of nitrogens with zero attached hydrogens (tertiary/aromatic N) is 3. The Kier molecular flexibility index (Phi) is 6.08. The maximum atomic E-state index is 4.32. The summed E-state index contributed by atoms with van der Waals surface area (Å²) in [4.78, 5) is 5.63. The van der Waals surface area contributed by atoms with Gasteiger partial charge in [-0.25, -0.2) is 4.98 Å². The van der Waals surface area contributed by atoms with Gasteiger partial charge in [0, 0.05) is 30.2 Å². The molecule has 2 aromatic rings. The maximum Gasteiger partial charge on any atom is 0.138 e. The Hall–Kier alpha value is -1.33. The van der Waals surface area contributed by atoms with Gasteiger partial charge in [-0.2, -0.15) is 5.10 Å². The number of aromatic nitrogens is 3. The molecule has 0 radical (unpaired) electrons. The van der Waals surface area contributed by atoms with Crippen LogP contribution in [-0.2, 0) is 13.5 Å². The van der Waals surface area contributed by atoms with Crippen molar-refractivity contribution in [2.75, 3.05) is 12.3 Å². The predicted molar refractivity (Wildman–Crippen MR) is 84.0 cm³/mol. The van der Waals surface area contributed by atoms with Gasteiger partial charge in [-0.1, -0.05) is 25.1 Å². The third-order valence-corrected chi connectivity index (χ3v) is 4.29. The van der Waals surface area contributed by atoms with Gasteiger partial charge >= 0.3 is 0 Å². The highest BCUT2D eigenvalue weighted by Crippen LogP contribution is 2.18. The normalized spacial score (nSPS) is 12.5. The topological polar surface area (TPSA) is 42.7 Å². The summed E-state index contributed by atoms with van der Waals surface area (Å²) in [6.07, 6.45) is 3.68. The molecule has 1 N–H and O–H groups in total. The summed E-state index contributed by atoms with van der Waals surface area (Å²) in [6.45, 7) is 3.23. The lowest BCUT2D eigenvalue weighted by molar-refractivity contribution is 0.526. The third-order valence-electron chi connectivity index (χ3n) is 3.11. The molecule has 1 atom stereocenters. The lowest BCUT2D eigenvalue weighted by Gasteiger charge is -2.17. The molecule has 5 heteroatoms. The molecule has 1 unspecified atom stereocenters. The first-order valence-electron chi connectivity index (χ1n) is 7.03. The fourth-order valence-electron chi connectivity index (χ4n) is 1.98. The van der Waals surface area contributed by atoms with Crippen molar-refractivity contribution in [1.29, 1.82) is 0 Å². The lowest BCUT2D eigenvalue weighted by atomic mass is 10.2. The van der Waals surface area contributed by atoms with Crippen molar-refractivity contribution in [1.82, 2.24) is 20.1 Å². The number of hydrogen-bond donors (Lipinski definition) is 1. The lowest BCUT2D eigenvalue weighted by Crippen LogP contribution is -2.34. The molecule has 0 aliphatic heterocycles. The minimum Gasteiger partial charge on any atom is -0.313 e. The number of nitrogens with one attached hydrogen (secondary N) is 1. The van der Waals surface area contributed by atoms with Crippen LogP contribution >= 0.6 is 11.8 Å². The highest BCUT2D eigenvalue weighted by molar-refractivity contribution is 7.99. The van der Waals surface area contributed by atoms with Gasteiger partial charge in [-0.15, -0.1) is 11.8 Å². The number of thioether (sulfide) groups is 1. The molecule has 108 valence electrons. The summed E-state index contributed by atoms with van der Waals surface area (Å²) in [5.74, 6) is 2.07. The summed E-state index contributed by atoms with van der Waals surface area (Å²) in [5, 5.41) is 7.74. The molecule has 1 heterocycles. The van der Waals surface area contributed by atoms with Gasteiger partial charge in [0.15, 0.2) is 0 Å². The number of rotatable bonds is 8. The fourth-order valence-corrected chi connectivity index (χ4v) is 2.96. The van der Waals surface area contributed by atoms with Crippen molar-refractivity contribution < 1.29 is 0 Å². The summed E-state index contributed by atoms with van der Waals surface area (Å²) in [6, 6.07) is 11.0. The van der Waals surface area contributed by atoms with Crippen LogP contribution in [0.2, 0.25) is 0 Å². The monoisotopic (exact) mass is 290 g/mol. The summed E-state index contributed by atoms with van der Waals surface area (Å²) >= 11 is 1.89. The van der Waals surface area contributed by atoms with E-state index in [-0.39, 0.29) is 0 Å². The van der Waals surface area contributed by atoms with Crippen molar-refractivity contribution >= 4 is 11.8 Å². The Morgan fingerprint density at radius 2 is 2.10 bits per heavy atom. The summed E-state index contributed by atoms with van der Waals surface area (Å²) < 4.78 is 1.85. The van der Waals surface area contributed by atoms with Crippen LogP contribution in [0.1, 0.15) is 19.2 Å². The van der Waals surface area contributed by atoms with Gasteiger partial charge in [-0.3, -0.25) is 4.68 Å². The molecule has 0 aliphatic rings. The first kappa shape index (κ1) is 15.1. The van der Waals surface area contributed by atoms with E-state index in [2.05, 4.69) is 52.7 Å². The van der Waals surface area contributed by atoms with E-state index >= 15 is 0 Å². The van der Waals surface area contributed by atoms with Gasteiger partial charge in [0.2, 0.25) is 0 Å². The van der Waals surface area contributed by atoms with Crippen molar-refractivity contribution in [3.8, 4) is 0 Å². The summed E-state index contributed by atoms with van der Waals surface area (Å²) in [7, 11) is 1.95. The largest absolute Gasteiger partial charge is 0.313 e. The molecule has 20 heavy (non-hydrogen) atoms. The molecule has 0 spiro atoms. The number of benzene rings is 1. The number of aryl methyl sites for hydroxylation is 1. The predicted octanol–water partition coefficient (Wildman–Crippen LogP) is 2.52. The quantitative estimate of drug-likeness (QED) is 0.759. The van der Waals surface area contributed by atoms with Crippen LogP contribution in [0.25, 0.3) is 0 Å². The maximum absolute atomic E-state index is 4.32. The third kappa shape index (κ3) is 4.65. The van der Waals surface area contributed by atoms with Gasteiger partial charge < -0.3 is 5.32 Å². The van der Waals surface area contributed by atoms with Crippen LogP contribution in [0.3, 0.4) is 0 Å². The Balaban J connectivity index is 1.91. The second kappa shape index (κ2) is 8.07. The summed E-state index contributed by atoms with van der Waals surface area (Å²) in [5.41, 5.74) is 0. The van der Waals surface area contributed by atoms with E-state index in [1.807, 2.05) is 23.5 Å². The SMILES string of the molecule is CCCNC(CSc1ccccc1)Cc1ncnn1C. The zero-order valence-corrected chi connectivity index (χ0v) is 12.9. The standard InChI is InChI=1S/C15H22N4S/c1-3-9-16-13(10-15-17-12-18-19(15)2)11-20-14-7-5-4-6-8-14/h4-8,12-13,16H,3,9-11H2,1-2H3. The van der Waals surface area contributed by atoms with Gasteiger partial charge in [-0.05, 0) is 25.1 Å². The molecule has 4 nitrogen and oxygen atoms in total. The smallest absolute Gasteiger partial charge is 0.138 e. The minimum atomic E-state index is 0.419. The Labute approximate surface area is 125 Å². The Morgan fingerprint density at radius 1 is 1.30 bits per heavy atom. The van der Waals surface area contributed by atoms with Crippen molar-refractivity contribution in [3.63, 3.8) is 0 Å². The molecule has 1 aromatic carbocycles. The second-order valence-electron chi connectivity index (χ2n) is 4.78. The van der Waals surface area contributed by atoms with E-state index in [1.165, 1.54) is 4.90 Å². The molecular formula is C15H22N4S. The molecule has 0 saturated carbocycles. The molecule has 2 rings (SSSR count). The molecular weight excluding hydrogens is 268 g/mol. The molecule has 0 amide bonds. The fraction of sp³-hybridized carbons (Fsp3) is 0.467. The van der Waals surface area contributed by atoms with Crippen LogP contribution in [-0.4, -0.2) is 33.1 Å². The zero-order chi connectivity index (χ0) is 14.2. The first-order valence-corrected chi connectivity index (χ1v) is 8.02. The Morgan fingerprint density at radius 3 is 2.75 bits per heavy atom. The van der Waals surface area contributed by atoms with E-state index in [0.717, 1.165) is 31.0 Å². The average Bonchev–Trinajstić information content (AvgIpc) is 2.88. The first-order chi connectivity index (χ1) is 9.79. The second-order valence-corrected chi connectivity index (χ2v) is 5.87. The van der Waals surface area contributed by atoms with Crippen LogP contribution in [0.5, 0.6) is 0 Å². The minimum absolute atomic E-state index is 0.419. The van der Waals surface area contributed by atoms with Gasteiger partial charge in [0.05, 0.1) is 0 Å². The van der Waals surface area contributed by atoms with Crippen LogP contribution in [0.15, 0.2) is 41.6 Å². The average molecular weight is 290 g/mol. The van der Waals surface area contributed by atoms with Gasteiger partial charge in [0.1, 0.15) is 12.2 Å². The molecule has 0 saturated heterocycles. The molecule has 1 aromatic heterocycles. The van der Waals surface area contributed by atoms with E-state index in [1.54, 1.807) is 6.33 Å². The van der Waals surface area contributed by atoms with Crippen LogP contribution < -0.4 is 5.32 Å². The highest BCUT2D eigenvalue weighted by atomic mass is 32.2. The number of hydrogen-bond acceptors (Lipinski definition) is 4. The zero-order valence-electron chi connectivity index (χ0n) is 12.1. The van der Waals surface area contributed by atoms with E-state index in [0.29, 0.717) is 6.04 Å². The van der Waals surface area contributed by atoms with Crippen molar-refractivity contribution in [3.05, 3.63) is 42.5 Å². The molecule has 0 fully saturated rings. The van der Waals surface area contributed by atoms with E-state index in [9.17, 15) is 0 Å². The van der Waals surface area contributed by atoms with Gasteiger partial charge in [0.25, 0.3) is 0 Å². The van der Waals surface area contributed by atoms with E-state index in [4.69, 9.17) is 0 Å². The van der Waals surface area contributed by atoms with Crippen molar-refractivity contribution in [2.45, 2.75) is 30.7 Å². The van der Waals surface area contributed by atoms with Crippen LogP contribution in [0, 0.1) is 0 Å². The van der Waals surface area contributed by atoms with E-state index < -0.39 is 0 Å². The van der Waals surface area contributed by atoms with Crippen molar-refractivity contribution in [2.24, 2.45) is 7.05 Å². The Bertz CT molecular complexity index is 498. The highest BCUT2D eigenvalue weighted by Gasteiger charge is 2.12. The van der Waals surface area contributed by atoms with Crippen LogP contribution in [0.4, 0.5) is 0 Å². The molecule has 0 aliphatic carbocycles.